The van der Waals surface area contributed by atoms with Crippen molar-refractivity contribution >= 4 is 38.8 Å². The standard InChI is InChI=1S/C14H11BrF2N2S/c15-11-6-9(2-3-10(11)14(18)20)19-7-8-1-4-12(16)13(17)5-8/h1-6,19H,7H2,(H2,18,20). The van der Waals surface area contributed by atoms with E-state index < -0.39 is 11.6 Å². The van der Waals surface area contributed by atoms with E-state index in [-0.39, 0.29) is 0 Å². The van der Waals surface area contributed by atoms with Gasteiger partial charge in [0.05, 0.1) is 0 Å². The summed E-state index contributed by atoms with van der Waals surface area (Å²) in [5, 5.41) is 3.11. The van der Waals surface area contributed by atoms with Gasteiger partial charge in [-0.25, -0.2) is 8.78 Å². The van der Waals surface area contributed by atoms with E-state index in [4.69, 9.17) is 18.0 Å². The Kier molecular flexibility index (Phi) is 4.67. The highest BCUT2D eigenvalue weighted by Crippen LogP contribution is 2.22. The van der Waals surface area contributed by atoms with Crippen LogP contribution in [-0.2, 0) is 6.54 Å². The maximum absolute atomic E-state index is 13.1. The van der Waals surface area contributed by atoms with Gasteiger partial charge in [-0.2, -0.15) is 0 Å². The number of anilines is 1. The first kappa shape index (κ1) is 14.9. The third-order valence-electron chi connectivity index (χ3n) is 2.72. The number of thiocarbonyl (C=S) groups is 1. The van der Waals surface area contributed by atoms with E-state index >= 15 is 0 Å². The van der Waals surface area contributed by atoms with E-state index in [1.807, 2.05) is 12.1 Å². The van der Waals surface area contributed by atoms with Crippen molar-refractivity contribution < 1.29 is 8.78 Å². The molecule has 0 atom stereocenters. The molecule has 0 saturated heterocycles. The second-order valence-electron chi connectivity index (χ2n) is 4.16. The lowest BCUT2D eigenvalue weighted by molar-refractivity contribution is 0.507. The van der Waals surface area contributed by atoms with Crippen molar-refractivity contribution in [2.24, 2.45) is 5.73 Å². The molecule has 0 fully saturated rings. The monoisotopic (exact) mass is 356 g/mol. The highest BCUT2D eigenvalue weighted by Gasteiger charge is 2.05. The van der Waals surface area contributed by atoms with Crippen LogP contribution in [0.25, 0.3) is 0 Å². The molecule has 0 amide bonds. The van der Waals surface area contributed by atoms with Crippen molar-refractivity contribution in [3.63, 3.8) is 0 Å². The minimum Gasteiger partial charge on any atom is -0.389 e. The lowest BCUT2D eigenvalue weighted by Gasteiger charge is -2.09. The van der Waals surface area contributed by atoms with Crippen LogP contribution in [0.3, 0.4) is 0 Å². The number of rotatable bonds is 4. The lowest BCUT2D eigenvalue weighted by Crippen LogP contribution is -2.10. The Morgan fingerprint density at radius 3 is 2.50 bits per heavy atom. The number of nitrogens with one attached hydrogen (secondary N) is 1. The number of hydrogen-bond acceptors (Lipinski definition) is 2. The van der Waals surface area contributed by atoms with Gasteiger partial charge >= 0.3 is 0 Å². The largest absolute Gasteiger partial charge is 0.389 e. The molecule has 20 heavy (non-hydrogen) atoms. The SMILES string of the molecule is NC(=S)c1ccc(NCc2ccc(F)c(F)c2)cc1Br. The van der Waals surface area contributed by atoms with Crippen LogP contribution in [0, 0.1) is 11.6 Å². The van der Waals surface area contributed by atoms with E-state index in [0.717, 1.165) is 21.8 Å². The van der Waals surface area contributed by atoms with Crippen LogP contribution in [-0.4, -0.2) is 4.99 Å². The van der Waals surface area contributed by atoms with Crippen molar-refractivity contribution in [1.82, 2.24) is 0 Å². The summed E-state index contributed by atoms with van der Waals surface area (Å²) in [4.78, 5) is 0.309. The summed E-state index contributed by atoms with van der Waals surface area (Å²) >= 11 is 8.29. The second kappa shape index (κ2) is 6.28. The van der Waals surface area contributed by atoms with Crippen LogP contribution in [0.2, 0.25) is 0 Å². The molecular weight excluding hydrogens is 346 g/mol. The van der Waals surface area contributed by atoms with Gasteiger partial charge < -0.3 is 11.1 Å². The zero-order valence-corrected chi connectivity index (χ0v) is 12.7. The van der Waals surface area contributed by atoms with Crippen molar-refractivity contribution in [1.29, 1.82) is 0 Å². The zero-order valence-electron chi connectivity index (χ0n) is 10.3. The summed E-state index contributed by atoms with van der Waals surface area (Å²) in [5.41, 5.74) is 7.79. The van der Waals surface area contributed by atoms with Gasteiger partial charge in [0.1, 0.15) is 4.99 Å². The Bertz CT molecular complexity index is 662. The second-order valence-corrected chi connectivity index (χ2v) is 5.46. The van der Waals surface area contributed by atoms with E-state index in [9.17, 15) is 8.78 Å². The van der Waals surface area contributed by atoms with Crippen LogP contribution in [0.4, 0.5) is 14.5 Å². The van der Waals surface area contributed by atoms with Gasteiger partial charge in [-0.15, -0.1) is 0 Å². The van der Waals surface area contributed by atoms with E-state index in [2.05, 4.69) is 21.2 Å². The van der Waals surface area contributed by atoms with Gasteiger partial charge in [-0.1, -0.05) is 18.3 Å². The topological polar surface area (TPSA) is 38.0 Å². The summed E-state index contributed by atoms with van der Waals surface area (Å²) in [6.07, 6.45) is 0. The van der Waals surface area contributed by atoms with Crippen LogP contribution in [0.1, 0.15) is 11.1 Å². The molecule has 0 aliphatic heterocycles. The Labute approximate surface area is 129 Å². The van der Waals surface area contributed by atoms with Crippen molar-refractivity contribution in [2.75, 3.05) is 5.32 Å². The molecule has 2 aromatic carbocycles. The summed E-state index contributed by atoms with van der Waals surface area (Å²) in [5.74, 6) is -1.70. The Morgan fingerprint density at radius 1 is 1.15 bits per heavy atom. The highest BCUT2D eigenvalue weighted by molar-refractivity contribution is 9.10. The molecule has 6 heteroatoms. The Balaban J connectivity index is 2.09. The summed E-state index contributed by atoms with van der Waals surface area (Å²) < 4.78 is 26.7. The fourth-order valence-electron chi connectivity index (χ4n) is 1.68. The molecule has 2 rings (SSSR count). The molecule has 2 aromatic rings. The minimum atomic E-state index is -0.852. The normalized spacial score (nSPS) is 10.3. The predicted octanol–water partition coefficient (Wildman–Crippen LogP) is 3.97. The molecule has 0 bridgehead atoms. The van der Waals surface area contributed by atoms with Gasteiger partial charge in [0.2, 0.25) is 0 Å². The third-order valence-corrected chi connectivity index (χ3v) is 3.59. The Hall–Kier alpha value is -1.53. The maximum atomic E-state index is 13.1. The van der Waals surface area contributed by atoms with Gasteiger partial charge in [0.25, 0.3) is 0 Å². The van der Waals surface area contributed by atoms with Crippen LogP contribution in [0.5, 0.6) is 0 Å². The quantitative estimate of drug-likeness (QED) is 0.814. The van der Waals surface area contributed by atoms with Crippen LogP contribution in [0.15, 0.2) is 40.9 Å². The lowest BCUT2D eigenvalue weighted by atomic mass is 10.2. The molecule has 0 unspecified atom stereocenters. The van der Waals surface area contributed by atoms with Gasteiger partial charge in [0, 0.05) is 22.3 Å². The van der Waals surface area contributed by atoms with Crippen molar-refractivity contribution in [3.05, 3.63) is 63.6 Å². The maximum Gasteiger partial charge on any atom is 0.159 e. The van der Waals surface area contributed by atoms with Crippen molar-refractivity contribution in [3.8, 4) is 0 Å². The summed E-state index contributed by atoms with van der Waals surface area (Å²) in [6.45, 7) is 0.385. The van der Waals surface area contributed by atoms with Crippen LogP contribution < -0.4 is 11.1 Å². The summed E-state index contributed by atoms with van der Waals surface area (Å²) in [7, 11) is 0. The molecule has 0 heterocycles. The van der Waals surface area contributed by atoms with E-state index in [1.165, 1.54) is 12.1 Å². The first-order valence-electron chi connectivity index (χ1n) is 5.74. The molecule has 104 valence electrons. The number of hydrogen-bond donors (Lipinski definition) is 2. The fraction of sp³-hybridized carbons (Fsp3) is 0.0714. The van der Waals surface area contributed by atoms with Gasteiger partial charge in [0.15, 0.2) is 11.6 Å². The smallest absolute Gasteiger partial charge is 0.159 e. The third kappa shape index (κ3) is 3.52. The first-order valence-corrected chi connectivity index (χ1v) is 6.94. The first-order chi connectivity index (χ1) is 9.47. The number of nitrogens with two attached hydrogens (primary N) is 1. The van der Waals surface area contributed by atoms with Crippen molar-refractivity contribution in [2.45, 2.75) is 6.54 Å². The average molecular weight is 357 g/mol. The average Bonchev–Trinajstić information content (AvgIpc) is 2.40. The fourth-order valence-corrected chi connectivity index (χ4v) is 2.58. The van der Waals surface area contributed by atoms with Crippen LogP contribution >= 0.6 is 28.1 Å². The predicted molar refractivity (Wildman–Crippen MR) is 83.7 cm³/mol. The molecular formula is C14H11BrF2N2S. The Morgan fingerprint density at radius 2 is 1.90 bits per heavy atom. The molecule has 0 aliphatic carbocycles. The molecule has 3 N–H and O–H groups in total. The van der Waals surface area contributed by atoms with Gasteiger partial charge in [-0.3, -0.25) is 0 Å². The number of halogens is 3. The molecule has 2 nitrogen and oxygen atoms in total. The highest BCUT2D eigenvalue weighted by atomic mass is 79.9. The minimum absolute atomic E-state index is 0.309. The molecule has 0 aliphatic rings. The van der Waals surface area contributed by atoms with E-state index in [0.29, 0.717) is 17.1 Å². The number of benzene rings is 2. The molecule has 0 saturated carbocycles. The zero-order chi connectivity index (χ0) is 14.7. The summed E-state index contributed by atoms with van der Waals surface area (Å²) in [6, 6.07) is 9.25. The van der Waals surface area contributed by atoms with Gasteiger partial charge in [-0.05, 0) is 51.8 Å². The molecule has 0 radical (unpaired) electrons. The molecule has 0 aromatic heterocycles. The molecule has 0 spiro atoms. The van der Waals surface area contributed by atoms with E-state index in [1.54, 1.807) is 6.07 Å².